The number of ether oxygens (including phenoxy) is 1. The van der Waals surface area contributed by atoms with Crippen molar-refractivity contribution in [1.82, 2.24) is 4.98 Å². The van der Waals surface area contributed by atoms with E-state index < -0.39 is 12.0 Å². The predicted octanol–water partition coefficient (Wildman–Crippen LogP) is 5.60. The molecule has 1 unspecified atom stereocenters. The quantitative estimate of drug-likeness (QED) is 0.468. The number of hydrogen-bond acceptors (Lipinski definition) is 5. The molecule has 0 bridgehead atoms. The summed E-state index contributed by atoms with van der Waals surface area (Å²) in [5.74, 6) is 0.953. The van der Waals surface area contributed by atoms with E-state index in [1.165, 1.54) is 0 Å². The summed E-state index contributed by atoms with van der Waals surface area (Å²) < 4.78 is 6.10. The average Bonchev–Trinajstić information content (AvgIpc) is 2.79. The summed E-state index contributed by atoms with van der Waals surface area (Å²) in [5, 5.41) is 9.57. The van der Waals surface area contributed by atoms with Crippen molar-refractivity contribution in [2.45, 2.75) is 38.8 Å². The lowest BCUT2D eigenvalue weighted by molar-refractivity contribution is -0.139. The highest BCUT2D eigenvalue weighted by Gasteiger charge is 2.29. The molecule has 2 aromatic carbocycles. The molecule has 1 aliphatic rings. The molecule has 1 atom stereocenters. The molecule has 2 heterocycles. The summed E-state index contributed by atoms with van der Waals surface area (Å²) in [6.07, 6.45) is 2.51. The minimum Gasteiger partial charge on any atom is -0.480 e. The number of halogens is 2. The zero-order chi connectivity index (χ0) is 21.8. The number of aliphatic carboxylic acids is 1. The zero-order valence-electron chi connectivity index (χ0n) is 18.4. The van der Waals surface area contributed by atoms with Crippen molar-refractivity contribution >= 4 is 36.6 Å². The highest BCUT2D eigenvalue weighted by molar-refractivity contribution is 5.85. The fraction of sp³-hybridized carbons (Fsp3) is 0.280. The van der Waals surface area contributed by atoms with Gasteiger partial charge in [-0.1, -0.05) is 30.3 Å². The highest BCUT2D eigenvalue weighted by atomic mass is 35.5. The van der Waals surface area contributed by atoms with Gasteiger partial charge in [0.1, 0.15) is 17.6 Å². The van der Waals surface area contributed by atoms with E-state index in [-0.39, 0.29) is 24.8 Å². The number of nitrogens with two attached hydrogens (primary N) is 1. The second-order valence-electron chi connectivity index (χ2n) is 7.92. The third-order valence-corrected chi connectivity index (χ3v) is 5.56. The highest BCUT2D eigenvalue weighted by Crippen LogP contribution is 2.31. The lowest BCUT2D eigenvalue weighted by Crippen LogP contribution is -2.45. The Kier molecular flexibility index (Phi) is 9.53. The number of hydrogen-bond donors (Lipinski definition) is 2. The number of piperidine rings is 1. The van der Waals surface area contributed by atoms with E-state index in [0.717, 1.165) is 35.1 Å². The summed E-state index contributed by atoms with van der Waals surface area (Å²) in [7, 11) is 0. The first-order chi connectivity index (χ1) is 15.0. The number of rotatable bonds is 6. The molecule has 0 amide bonds. The first kappa shape index (κ1) is 26.5. The Morgan fingerprint density at radius 3 is 2.64 bits per heavy atom. The first-order valence-corrected chi connectivity index (χ1v) is 10.6. The van der Waals surface area contributed by atoms with E-state index in [9.17, 15) is 9.90 Å². The summed E-state index contributed by atoms with van der Waals surface area (Å²) >= 11 is 0. The molecule has 1 aliphatic heterocycles. The van der Waals surface area contributed by atoms with Crippen LogP contribution in [-0.2, 0) is 11.3 Å². The second-order valence-corrected chi connectivity index (χ2v) is 7.92. The van der Waals surface area contributed by atoms with Gasteiger partial charge < -0.3 is 20.5 Å². The molecule has 8 heteroatoms. The first-order valence-electron chi connectivity index (χ1n) is 10.6. The van der Waals surface area contributed by atoms with Crippen molar-refractivity contribution < 1.29 is 14.6 Å². The molecule has 0 aliphatic carbocycles. The van der Waals surface area contributed by atoms with Gasteiger partial charge in [0.2, 0.25) is 5.88 Å². The maximum absolute atomic E-state index is 11.7. The van der Waals surface area contributed by atoms with Crippen LogP contribution < -0.4 is 15.4 Å². The number of carboxylic acids is 1. The van der Waals surface area contributed by atoms with E-state index in [4.69, 9.17) is 10.5 Å². The Bertz CT molecular complexity index is 1090. The van der Waals surface area contributed by atoms with Crippen LogP contribution in [0.5, 0.6) is 11.6 Å². The Balaban J connectivity index is 0.00000193. The molecule has 33 heavy (non-hydrogen) atoms. The fourth-order valence-electron chi connectivity index (χ4n) is 4.06. The summed E-state index contributed by atoms with van der Waals surface area (Å²) in [6, 6.07) is 19.2. The molecule has 3 N–H and O–H groups in total. The number of aromatic nitrogens is 1. The minimum atomic E-state index is -0.809. The van der Waals surface area contributed by atoms with E-state index in [0.29, 0.717) is 37.0 Å². The number of anilines is 1. The summed E-state index contributed by atoms with van der Waals surface area (Å²) in [6.45, 7) is 3.20. The molecule has 0 radical (unpaired) electrons. The number of pyridine rings is 1. The van der Waals surface area contributed by atoms with Gasteiger partial charge >= 0.3 is 5.97 Å². The van der Waals surface area contributed by atoms with Crippen LogP contribution in [0, 0.1) is 6.92 Å². The van der Waals surface area contributed by atoms with Gasteiger partial charge in [-0.2, -0.15) is 4.98 Å². The van der Waals surface area contributed by atoms with Crippen LogP contribution >= 0.6 is 24.8 Å². The molecule has 1 fully saturated rings. The molecule has 3 aromatic rings. The molecular weight excluding hydrogens is 461 g/mol. The Labute approximate surface area is 206 Å². The number of aryl methyl sites for hydroxylation is 1. The van der Waals surface area contributed by atoms with E-state index >= 15 is 0 Å². The van der Waals surface area contributed by atoms with Gasteiger partial charge in [-0.3, -0.25) is 0 Å². The zero-order valence-corrected chi connectivity index (χ0v) is 20.1. The Morgan fingerprint density at radius 1 is 1.09 bits per heavy atom. The van der Waals surface area contributed by atoms with E-state index in [1.54, 1.807) is 6.07 Å². The Morgan fingerprint density at radius 2 is 1.88 bits per heavy atom. The lowest BCUT2D eigenvalue weighted by Gasteiger charge is -2.33. The number of carboxylic acid groups (broad SMARTS) is 1. The fourth-order valence-corrected chi connectivity index (χ4v) is 4.06. The third kappa shape index (κ3) is 6.38. The van der Waals surface area contributed by atoms with Gasteiger partial charge in [-0.05, 0) is 72.7 Å². The summed E-state index contributed by atoms with van der Waals surface area (Å²) in [5.41, 5.74) is 10.1. The molecule has 1 aromatic heterocycles. The molecule has 6 nitrogen and oxygen atoms in total. The monoisotopic (exact) mass is 489 g/mol. The maximum atomic E-state index is 11.7. The van der Waals surface area contributed by atoms with E-state index in [2.05, 4.69) is 23.2 Å². The Hall–Kier alpha value is -2.80. The van der Waals surface area contributed by atoms with Gasteiger partial charge in [-0.25, -0.2) is 4.79 Å². The third-order valence-electron chi connectivity index (χ3n) is 5.56. The molecule has 4 rings (SSSR count). The van der Waals surface area contributed by atoms with Gasteiger partial charge in [0.05, 0.1) is 0 Å². The van der Waals surface area contributed by atoms with Crippen molar-refractivity contribution in [3.8, 4) is 22.8 Å². The molecule has 1 saturated heterocycles. The molecular formula is C25H29Cl2N3O3. The van der Waals surface area contributed by atoms with Crippen molar-refractivity contribution in [2.24, 2.45) is 5.73 Å². The van der Waals surface area contributed by atoms with Crippen LogP contribution in [-0.4, -0.2) is 28.6 Å². The van der Waals surface area contributed by atoms with Crippen molar-refractivity contribution in [3.05, 3.63) is 71.8 Å². The van der Waals surface area contributed by atoms with Gasteiger partial charge in [0, 0.05) is 19.2 Å². The molecule has 176 valence electrons. The van der Waals surface area contributed by atoms with Crippen LogP contribution in [0.2, 0.25) is 0 Å². The van der Waals surface area contributed by atoms with Crippen LogP contribution in [0.4, 0.5) is 5.82 Å². The van der Waals surface area contributed by atoms with Gasteiger partial charge in [0.15, 0.2) is 0 Å². The van der Waals surface area contributed by atoms with Gasteiger partial charge in [0.25, 0.3) is 0 Å². The SMILES string of the molecule is Cc1cc(Oc2cccc(N3CCCCC3C(=O)O)n2)cc(-c2cccc(CN)c2)c1.Cl.Cl. The van der Waals surface area contributed by atoms with Crippen molar-refractivity contribution in [3.63, 3.8) is 0 Å². The second kappa shape index (κ2) is 11.9. The minimum absolute atomic E-state index is 0. The van der Waals surface area contributed by atoms with Crippen molar-refractivity contribution in [2.75, 3.05) is 11.4 Å². The van der Waals surface area contributed by atoms with Crippen LogP contribution in [0.25, 0.3) is 11.1 Å². The van der Waals surface area contributed by atoms with Gasteiger partial charge in [-0.15, -0.1) is 24.8 Å². The number of benzene rings is 2. The van der Waals surface area contributed by atoms with Crippen LogP contribution in [0.3, 0.4) is 0 Å². The summed E-state index contributed by atoms with van der Waals surface area (Å²) in [4.78, 5) is 18.1. The maximum Gasteiger partial charge on any atom is 0.326 e. The largest absolute Gasteiger partial charge is 0.480 e. The van der Waals surface area contributed by atoms with Crippen LogP contribution in [0.15, 0.2) is 60.7 Å². The normalized spacial score (nSPS) is 15.2. The topological polar surface area (TPSA) is 88.7 Å². The molecule has 0 saturated carbocycles. The van der Waals surface area contributed by atoms with Crippen molar-refractivity contribution in [1.29, 1.82) is 0 Å². The number of carbonyl (C=O) groups is 1. The number of nitrogens with zero attached hydrogens (tertiary/aromatic N) is 2. The standard InChI is InChI=1S/C25H27N3O3.2ClH/c1-17-12-20(19-7-4-6-18(14-19)16-26)15-21(13-17)31-24-10-5-9-23(27-24)28-11-3-2-8-22(28)25(29)30;;/h4-7,9-10,12-15,22H,2-3,8,11,16,26H2,1H3,(H,29,30);2*1H. The molecule has 0 spiro atoms. The average molecular weight is 490 g/mol. The smallest absolute Gasteiger partial charge is 0.326 e. The van der Waals surface area contributed by atoms with Crippen LogP contribution in [0.1, 0.15) is 30.4 Å². The predicted molar refractivity (Wildman–Crippen MR) is 136 cm³/mol. The lowest BCUT2D eigenvalue weighted by atomic mass is 10.0. The van der Waals surface area contributed by atoms with E-state index in [1.807, 2.05) is 48.2 Å².